The summed E-state index contributed by atoms with van der Waals surface area (Å²) in [7, 11) is 0. The lowest BCUT2D eigenvalue weighted by molar-refractivity contribution is -0.130. The molecule has 2 heterocycles. The first kappa shape index (κ1) is 25.7. The van der Waals surface area contributed by atoms with Gasteiger partial charge >= 0.3 is 0 Å². The molecule has 9 heteroatoms. The summed E-state index contributed by atoms with van der Waals surface area (Å²) in [6, 6.07) is 21.6. The molecule has 0 fully saturated rings. The van der Waals surface area contributed by atoms with Gasteiger partial charge in [0.05, 0.1) is 0 Å². The van der Waals surface area contributed by atoms with Crippen LogP contribution in [0.2, 0.25) is 5.02 Å². The largest absolute Gasteiger partial charge is 0.310 e. The second-order valence-corrected chi connectivity index (χ2v) is 8.61. The maximum Gasteiger partial charge on any atom is 0.238 e. The summed E-state index contributed by atoms with van der Waals surface area (Å²) in [5, 5.41) is 5.80. The van der Waals surface area contributed by atoms with Crippen LogP contribution in [0.25, 0.3) is 0 Å². The summed E-state index contributed by atoms with van der Waals surface area (Å²) in [4.78, 5) is 48.6. The van der Waals surface area contributed by atoms with Crippen molar-refractivity contribution in [3.05, 3.63) is 119 Å². The molecule has 4 aromatic rings. The van der Waals surface area contributed by atoms with E-state index in [0.717, 1.165) is 0 Å². The number of carbonyl (C=O) groups excluding carboxylic acids is 3. The predicted molar refractivity (Wildman–Crippen MR) is 139 cm³/mol. The van der Waals surface area contributed by atoms with Crippen molar-refractivity contribution >= 4 is 40.8 Å². The van der Waals surface area contributed by atoms with E-state index >= 15 is 0 Å². The highest BCUT2D eigenvalue weighted by Crippen LogP contribution is 2.33. The second kappa shape index (κ2) is 12.0. The molecule has 2 aromatic carbocycles. The molecule has 0 saturated heterocycles. The van der Waals surface area contributed by atoms with E-state index in [1.54, 1.807) is 60.7 Å². The first-order valence-electron chi connectivity index (χ1n) is 11.4. The molecule has 4 rings (SSSR count). The number of aromatic nitrogens is 2. The summed E-state index contributed by atoms with van der Waals surface area (Å²) in [6.45, 7) is 0. The standard InChI is InChI=1S/C28H22ClFN4O3/c29-20-11-7-18(8-12-20)22(17-23(35)19-9-13-21(30)14-10-19)26(27(36)33-24-5-1-3-15-31-24)28(37)34-25-6-2-4-16-32-25/h1-16,22,26H,17H2,(H,31,33,36)(H,32,34,37). The number of ketones is 1. The number of nitrogens with zero attached hydrogens (tertiary/aromatic N) is 2. The summed E-state index contributed by atoms with van der Waals surface area (Å²) < 4.78 is 13.4. The van der Waals surface area contributed by atoms with E-state index in [1.165, 1.54) is 36.7 Å². The molecule has 0 bridgehead atoms. The highest BCUT2D eigenvalue weighted by atomic mass is 35.5. The van der Waals surface area contributed by atoms with Crippen molar-refractivity contribution in [2.24, 2.45) is 5.92 Å². The van der Waals surface area contributed by atoms with Crippen LogP contribution in [-0.2, 0) is 9.59 Å². The third-order valence-electron chi connectivity index (χ3n) is 5.67. The first-order valence-corrected chi connectivity index (χ1v) is 11.8. The zero-order chi connectivity index (χ0) is 26.2. The van der Waals surface area contributed by atoms with Crippen LogP contribution in [0.1, 0.15) is 28.3 Å². The van der Waals surface area contributed by atoms with Crippen molar-refractivity contribution in [1.82, 2.24) is 9.97 Å². The summed E-state index contributed by atoms with van der Waals surface area (Å²) in [5.74, 6) is -3.88. The molecule has 0 aliphatic heterocycles. The lowest BCUT2D eigenvalue weighted by Gasteiger charge is -2.26. The molecular weight excluding hydrogens is 495 g/mol. The number of nitrogens with one attached hydrogen (secondary N) is 2. The number of benzene rings is 2. The monoisotopic (exact) mass is 516 g/mol. The Labute approximate surface area is 217 Å². The minimum Gasteiger partial charge on any atom is -0.310 e. The fourth-order valence-electron chi connectivity index (χ4n) is 3.86. The van der Waals surface area contributed by atoms with Gasteiger partial charge in [-0.1, -0.05) is 35.9 Å². The molecule has 0 aliphatic rings. The highest BCUT2D eigenvalue weighted by Gasteiger charge is 2.38. The molecular formula is C28H22ClFN4O3. The molecule has 37 heavy (non-hydrogen) atoms. The van der Waals surface area contributed by atoms with E-state index in [1.807, 2.05) is 0 Å². The van der Waals surface area contributed by atoms with Gasteiger partial charge in [0.15, 0.2) is 5.78 Å². The molecule has 2 aromatic heterocycles. The Hall–Kier alpha value is -4.43. The minimum absolute atomic E-state index is 0.205. The topological polar surface area (TPSA) is 101 Å². The summed E-state index contributed by atoms with van der Waals surface area (Å²) in [6.07, 6.45) is 2.81. The molecule has 2 N–H and O–H groups in total. The lowest BCUT2D eigenvalue weighted by atomic mass is 9.80. The molecule has 7 nitrogen and oxygen atoms in total. The van der Waals surface area contributed by atoms with E-state index < -0.39 is 29.5 Å². The van der Waals surface area contributed by atoms with Gasteiger partial charge in [0.25, 0.3) is 0 Å². The SMILES string of the molecule is O=C(CC(c1ccc(Cl)cc1)C(C(=O)Nc1ccccn1)C(=O)Nc1ccccn1)c1ccc(F)cc1. The van der Waals surface area contributed by atoms with Crippen LogP contribution < -0.4 is 10.6 Å². The van der Waals surface area contributed by atoms with Crippen molar-refractivity contribution in [3.8, 4) is 0 Å². The Morgan fingerprint density at radius 3 is 1.78 bits per heavy atom. The number of halogens is 2. The van der Waals surface area contributed by atoms with Crippen LogP contribution in [0.5, 0.6) is 0 Å². The Kier molecular flexibility index (Phi) is 8.33. The van der Waals surface area contributed by atoms with Crippen LogP contribution in [0.15, 0.2) is 97.3 Å². The van der Waals surface area contributed by atoms with Crippen molar-refractivity contribution in [1.29, 1.82) is 0 Å². The molecule has 1 atom stereocenters. The van der Waals surface area contributed by atoms with E-state index in [9.17, 15) is 18.8 Å². The Balaban J connectivity index is 1.73. The maximum absolute atomic E-state index is 13.6. The van der Waals surface area contributed by atoms with Gasteiger partial charge in [0, 0.05) is 35.3 Å². The van der Waals surface area contributed by atoms with Gasteiger partial charge in [-0.25, -0.2) is 14.4 Å². The van der Waals surface area contributed by atoms with Crippen LogP contribution in [0, 0.1) is 11.7 Å². The molecule has 186 valence electrons. The van der Waals surface area contributed by atoms with Crippen LogP contribution >= 0.6 is 11.6 Å². The lowest BCUT2D eigenvalue weighted by Crippen LogP contribution is -2.39. The van der Waals surface area contributed by atoms with E-state index in [-0.39, 0.29) is 29.4 Å². The minimum atomic E-state index is -1.35. The smallest absolute Gasteiger partial charge is 0.238 e. The molecule has 0 saturated carbocycles. The zero-order valence-corrected chi connectivity index (χ0v) is 20.2. The maximum atomic E-state index is 13.6. The average Bonchev–Trinajstić information content (AvgIpc) is 2.90. The predicted octanol–water partition coefficient (Wildman–Crippen LogP) is 5.52. The van der Waals surface area contributed by atoms with Crippen molar-refractivity contribution in [2.45, 2.75) is 12.3 Å². The van der Waals surface area contributed by atoms with E-state index in [4.69, 9.17) is 11.6 Å². The Bertz CT molecular complexity index is 1310. The van der Waals surface area contributed by atoms with Crippen molar-refractivity contribution in [3.63, 3.8) is 0 Å². The van der Waals surface area contributed by atoms with E-state index in [2.05, 4.69) is 20.6 Å². The highest BCUT2D eigenvalue weighted by molar-refractivity contribution is 6.30. The van der Waals surface area contributed by atoms with Crippen LogP contribution in [0.4, 0.5) is 16.0 Å². The molecule has 2 amide bonds. The summed E-state index contributed by atoms with van der Waals surface area (Å²) in [5.41, 5.74) is 0.812. The zero-order valence-electron chi connectivity index (χ0n) is 19.5. The van der Waals surface area contributed by atoms with E-state index in [0.29, 0.717) is 10.6 Å². The summed E-state index contributed by atoms with van der Waals surface area (Å²) >= 11 is 6.07. The number of amides is 2. The van der Waals surface area contributed by atoms with Gasteiger partial charge in [-0.15, -0.1) is 0 Å². The number of carbonyl (C=O) groups is 3. The third-order valence-corrected chi connectivity index (χ3v) is 5.92. The van der Waals surface area contributed by atoms with Crippen molar-refractivity contribution < 1.29 is 18.8 Å². The van der Waals surface area contributed by atoms with Crippen LogP contribution in [-0.4, -0.2) is 27.6 Å². The number of Topliss-reactive ketones (excluding diaryl/α,β-unsaturated/α-hetero) is 1. The third kappa shape index (κ3) is 6.83. The normalized spacial score (nSPS) is 11.5. The fourth-order valence-corrected chi connectivity index (χ4v) is 3.98. The quantitative estimate of drug-likeness (QED) is 0.225. The Morgan fingerprint density at radius 1 is 0.757 bits per heavy atom. The Morgan fingerprint density at radius 2 is 1.30 bits per heavy atom. The molecule has 0 aliphatic carbocycles. The number of anilines is 2. The van der Waals surface area contributed by atoms with Gasteiger partial charge in [-0.2, -0.15) is 0 Å². The second-order valence-electron chi connectivity index (χ2n) is 8.18. The molecule has 1 unspecified atom stereocenters. The fraction of sp³-hybridized carbons (Fsp3) is 0.107. The number of pyridine rings is 2. The van der Waals surface area contributed by atoms with Crippen molar-refractivity contribution in [2.75, 3.05) is 10.6 Å². The number of hydrogen-bond donors (Lipinski definition) is 2. The van der Waals surface area contributed by atoms with Crippen LogP contribution in [0.3, 0.4) is 0 Å². The molecule has 0 radical (unpaired) electrons. The first-order chi connectivity index (χ1) is 17.9. The van der Waals surface area contributed by atoms with Gasteiger partial charge in [0.1, 0.15) is 23.4 Å². The van der Waals surface area contributed by atoms with Gasteiger partial charge in [-0.05, 0) is 66.2 Å². The number of hydrogen-bond acceptors (Lipinski definition) is 5. The molecule has 0 spiro atoms. The van der Waals surface area contributed by atoms with Gasteiger partial charge in [0.2, 0.25) is 11.8 Å². The van der Waals surface area contributed by atoms with Gasteiger partial charge < -0.3 is 10.6 Å². The average molecular weight is 517 g/mol. The van der Waals surface area contributed by atoms with Gasteiger partial charge in [-0.3, -0.25) is 14.4 Å². The number of rotatable bonds is 9.